The molecule has 2 rings (SSSR count). The van der Waals surface area contributed by atoms with Gasteiger partial charge in [-0.25, -0.2) is 9.97 Å². The Balaban J connectivity index is 1.76. The van der Waals surface area contributed by atoms with Gasteiger partial charge >= 0.3 is 0 Å². The minimum absolute atomic E-state index is 1.06. The van der Waals surface area contributed by atoms with Crippen LogP contribution >= 0.6 is 0 Å². The van der Waals surface area contributed by atoms with Crippen LogP contribution in [0.3, 0.4) is 0 Å². The van der Waals surface area contributed by atoms with E-state index in [9.17, 15) is 0 Å². The van der Waals surface area contributed by atoms with Crippen molar-refractivity contribution in [3.05, 3.63) is 24.3 Å². The summed E-state index contributed by atoms with van der Waals surface area (Å²) in [6.45, 7) is 5.67. The molecule has 1 fully saturated rings. The number of hydrogen-bond acceptors (Lipinski definition) is 4. The van der Waals surface area contributed by atoms with E-state index in [4.69, 9.17) is 0 Å². The van der Waals surface area contributed by atoms with Gasteiger partial charge in [-0.2, -0.15) is 0 Å². The maximum Gasteiger partial charge on any atom is 0.115 e. The maximum absolute atomic E-state index is 4.01. The number of nitrogens with one attached hydrogen (secondary N) is 1. The fourth-order valence-electron chi connectivity index (χ4n) is 1.68. The fraction of sp³-hybridized carbons (Fsp3) is 0.600. The Bertz CT molecular complexity index is 256. The molecule has 0 aliphatic carbocycles. The summed E-state index contributed by atoms with van der Waals surface area (Å²) >= 11 is 0. The van der Waals surface area contributed by atoms with Gasteiger partial charge in [0.15, 0.2) is 0 Å². The number of rotatable bonds is 3. The van der Waals surface area contributed by atoms with E-state index in [-0.39, 0.29) is 0 Å². The summed E-state index contributed by atoms with van der Waals surface area (Å²) < 4.78 is 0. The average Bonchev–Trinajstić information content (AvgIpc) is 2.29. The first kappa shape index (κ1) is 9.55. The highest BCUT2D eigenvalue weighted by Crippen LogP contribution is 1.98. The molecule has 1 aromatic heterocycles. The van der Waals surface area contributed by atoms with Crippen LogP contribution in [-0.2, 0) is 6.42 Å². The third-order valence-corrected chi connectivity index (χ3v) is 2.54. The van der Waals surface area contributed by atoms with Crippen molar-refractivity contribution in [2.75, 3.05) is 32.7 Å². The molecule has 0 unspecified atom stereocenters. The van der Waals surface area contributed by atoms with Crippen LogP contribution in [0, 0.1) is 0 Å². The summed E-state index contributed by atoms with van der Waals surface area (Å²) in [7, 11) is 0. The van der Waals surface area contributed by atoms with Gasteiger partial charge in [0.25, 0.3) is 0 Å². The SMILES string of the molecule is c1ncc(CCN2CCNCC2)cn1. The molecule has 0 bridgehead atoms. The summed E-state index contributed by atoms with van der Waals surface area (Å²) in [5.74, 6) is 0. The average molecular weight is 192 g/mol. The smallest absolute Gasteiger partial charge is 0.115 e. The van der Waals surface area contributed by atoms with E-state index in [1.165, 1.54) is 5.56 Å². The van der Waals surface area contributed by atoms with Crippen LogP contribution in [0.2, 0.25) is 0 Å². The van der Waals surface area contributed by atoms with E-state index in [0.29, 0.717) is 0 Å². The number of aromatic nitrogens is 2. The minimum atomic E-state index is 1.06. The van der Waals surface area contributed by atoms with Gasteiger partial charge in [-0.3, -0.25) is 0 Å². The first-order valence-corrected chi connectivity index (χ1v) is 5.12. The molecule has 1 aromatic rings. The lowest BCUT2D eigenvalue weighted by molar-refractivity contribution is 0.244. The van der Waals surface area contributed by atoms with Crippen molar-refractivity contribution in [1.82, 2.24) is 20.2 Å². The monoisotopic (exact) mass is 192 g/mol. The molecular formula is C10H16N4. The van der Waals surface area contributed by atoms with E-state index in [0.717, 1.165) is 39.1 Å². The van der Waals surface area contributed by atoms with Crippen molar-refractivity contribution < 1.29 is 0 Å². The Kier molecular flexibility index (Phi) is 3.43. The maximum atomic E-state index is 4.01. The molecule has 0 saturated carbocycles. The van der Waals surface area contributed by atoms with Crippen LogP contribution in [0.4, 0.5) is 0 Å². The Hall–Kier alpha value is -1.00. The van der Waals surface area contributed by atoms with E-state index >= 15 is 0 Å². The summed E-state index contributed by atoms with van der Waals surface area (Å²) in [6.07, 6.45) is 6.43. The fourth-order valence-corrected chi connectivity index (χ4v) is 1.68. The van der Waals surface area contributed by atoms with Crippen LogP contribution in [0.15, 0.2) is 18.7 Å². The van der Waals surface area contributed by atoms with Crippen LogP contribution in [0.1, 0.15) is 5.56 Å². The quantitative estimate of drug-likeness (QED) is 0.727. The van der Waals surface area contributed by atoms with Gasteiger partial charge in [0.05, 0.1) is 0 Å². The number of piperazine rings is 1. The zero-order valence-corrected chi connectivity index (χ0v) is 8.32. The molecular weight excluding hydrogens is 176 g/mol. The second kappa shape index (κ2) is 5.02. The first-order valence-electron chi connectivity index (χ1n) is 5.12. The third kappa shape index (κ3) is 2.75. The number of hydrogen-bond donors (Lipinski definition) is 1. The topological polar surface area (TPSA) is 41.1 Å². The molecule has 76 valence electrons. The van der Waals surface area contributed by atoms with Gasteiger partial charge in [-0.15, -0.1) is 0 Å². The normalized spacial score (nSPS) is 18.3. The summed E-state index contributed by atoms with van der Waals surface area (Å²) in [5, 5.41) is 3.35. The molecule has 1 aliphatic rings. The second-order valence-corrected chi connectivity index (χ2v) is 3.59. The Morgan fingerprint density at radius 2 is 1.93 bits per heavy atom. The van der Waals surface area contributed by atoms with Gasteiger partial charge in [-0.1, -0.05) is 0 Å². The Labute approximate surface area is 84.4 Å². The van der Waals surface area contributed by atoms with Crippen LogP contribution < -0.4 is 5.32 Å². The largest absolute Gasteiger partial charge is 0.314 e. The van der Waals surface area contributed by atoms with Crippen molar-refractivity contribution in [2.45, 2.75) is 6.42 Å². The van der Waals surface area contributed by atoms with Gasteiger partial charge in [0.1, 0.15) is 6.33 Å². The Morgan fingerprint density at radius 1 is 1.21 bits per heavy atom. The molecule has 0 atom stereocenters. The van der Waals surface area contributed by atoms with Crippen LogP contribution in [-0.4, -0.2) is 47.6 Å². The van der Waals surface area contributed by atoms with E-state index < -0.39 is 0 Å². The lowest BCUT2D eigenvalue weighted by Crippen LogP contribution is -2.44. The molecule has 2 heterocycles. The van der Waals surface area contributed by atoms with Crippen molar-refractivity contribution >= 4 is 0 Å². The second-order valence-electron chi connectivity index (χ2n) is 3.59. The molecule has 0 aromatic carbocycles. The zero-order chi connectivity index (χ0) is 9.64. The van der Waals surface area contributed by atoms with E-state index in [2.05, 4.69) is 20.2 Å². The summed E-state index contributed by atoms with van der Waals surface area (Å²) in [6, 6.07) is 0. The standard InChI is InChI=1S/C10H16N4/c1(10-7-12-9-13-8-10)4-14-5-2-11-3-6-14/h7-9,11H,1-6H2. The van der Waals surface area contributed by atoms with E-state index in [1.807, 2.05) is 12.4 Å². The van der Waals surface area contributed by atoms with Gasteiger partial charge in [0.2, 0.25) is 0 Å². The predicted molar refractivity (Wildman–Crippen MR) is 55.0 cm³/mol. The molecule has 4 nitrogen and oxygen atoms in total. The molecule has 14 heavy (non-hydrogen) atoms. The highest BCUT2D eigenvalue weighted by Gasteiger charge is 2.08. The highest BCUT2D eigenvalue weighted by molar-refractivity contribution is 5.02. The zero-order valence-electron chi connectivity index (χ0n) is 8.32. The lowest BCUT2D eigenvalue weighted by Gasteiger charge is -2.26. The lowest BCUT2D eigenvalue weighted by atomic mass is 10.2. The first-order chi connectivity index (χ1) is 6.95. The molecule has 0 radical (unpaired) electrons. The molecule has 4 heteroatoms. The predicted octanol–water partition coefficient (Wildman–Crippen LogP) is -0.0757. The minimum Gasteiger partial charge on any atom is -0.314 e. The van der Waals surface area contributed by atoms with Crippen molar-refractivity contribution in [3.63, 3.8) is 0 Å². The number of nitrogens with zero attached hydrogens (tertiary/aromatic N) is 3. The van der Waals surface area contributed by atoms with Gasteiger partial charge in [0, 0.05) is 45.1 Å². The van der Waals surface area contributed by atoms with Crippen LogP contribution in [0.25, 0.3) is 0 Å². The van der Waals surface area contributed by atoms with Crippen molar-refractivity contribution in [2.24, 2.45) is 0 Å². The Morgan fingerprint density at radius 3 is 2.64 bits per heavy atom. The van der Waals surface area contributed by atoms with Gasteiger partial charge < -0.3 is 10.2 Å². The molecule has 0 amide bonds. The highest BCUT2D eigenvalue weighted by atomic mass is 15.2. The molecule has 1 N–H and O–H groups in total. The third-order valence-electron chi connectivity index (χ3n) is 2.54. The summed E-state index contributed by atoms with van der Waals surface area (Å²) in [4.78, 5) is 10.5. The molecule has 1 saturated heterocycles. The van der Waals surface area contributed by atoms with Crippen molar-refractivity contribution in [1.29, 1.82) is 0 Å². The van der Waals surface area contributed by atoms with Crippen molar-refractivity contribution in [3.8, 4) is 0 Å². The van der Waals surface area contributed by atoms with Gasteiger partial charge in [-0.05, 0) is 12.0 Å². The summed E-state index contributed by atoms with van der Waals surface area (Å²) in [5.41, 5.74) is 1.23. The molecule has 0 spiro atoms. The molecule has 1 aliphatic heterocycles. The van der Waals surface area contributed by atoms with E-state index in [1.54, 1.807) is 6.33 Å². The van der Waals surface area contributed by atoms with Crippen LogP contribution in [0.5, 0.6) is 0 Å².